The molecule has 0 radical (unpaired) electrons. The lowest BCUT2D eigenvalue weighted by Gasteiger charge is -2.28. The highest BCUT2D eigenvalue weighted by Crippen LogP contribution is 2.52. The van der Waals surface area contributed by atoms with E-state index >= 15 is 0 Å². The van der Waals surface area contributed by atoms with Crippen LogP contribution in [0.25, 0.3) is 0 Å². The molecule has 3 heterocycles. The summed E-state index contributed by atoms with van der Waals surface area (Å²) < 4.78 is 11.0. The normalized spacial score (nSPS) is 33.2. The number of ether oxygens (including phenoxy) is 2. The summed E-state index contributed by atoms with van der Waals surface area (Å²) in [6.07, 6.45) is 3.10. The molecule has 2 fully saturated rings. The summed E-state index contributed by atoms with van der Waals surface area (Å²) in [5.74, 6) is -2.21. The molecule has 2 saturated heterocycles. The minimum atomic E-state index is -1.04. The van der Waals surface area contributed by atoms with Gasteiger partial charge in [-0.15, -0.1) is 0 Å². The van der Waals surface area contributed by atoms with E-state index in [1.807, 2.05) is 25.1 Å². The zero-order valence-corrected chi connectivity index (χ0v) is 13.4. The van der Waals surface area contributed by atoms with E-state index in [1.54, 1.807) is 18.2 Å². The highest BCUT2D eigenvalue weighted by molar-refractivity contribution is 6.23. The first-order chi connectivity index (χ1) is 11.4. The highest BCUT2D eigenvalue weighted by atomic mass is 16.6. The van der Waals surface area contributed by atoms with Crippen molar-refractivity contribution in [3.63, 3.8) is 0 Å². The highest BCUT2D eigenvalue weighted by Gasteiger charge is 2.68. The van der Waals surface area contributed by atoms with Gasteiger partial charge in [-0.05, 0) is 30.7 Å². The molecular weight excluding hydrogens is 310 g/mol. The Bertz CT molecular complexity index is 785. The van der Waals surface area contributed by atoms with E-state index in [-0.39, 0.29) is 18.4 Å². The van der Waals surface area contributed by atoms with Crippen LogP contribution in [-0.4, -0.2) is 36.1 Å². The Morgan fingerprint density at radius 2 is 2.12 bits per heavy atom. The Hall–Kier alpha value is -2.47. The molecule has 124 valence electrons. The lowest BCUT2D eigenvalue weighted by Crippen LogP contribution is -2.44. The van der Waals surface area contributed by atoms with E-state index in [4.69, 9.17) is 9.47 Å². The number of fused-ring (bicyclic) bond motifs is 5. The first-order valence-electron chi connectivity index (χ1n) is 7.88. The van der Waals surface area contributed by atoms with E-state index in [9.17, 15) is 14.4 Å². The van der Waals surface area contributed by atoms with Crippen LogP contribution in [0.1, 0.15) is 12.5 Å². The second-order valence-electron chi connectivity index (χ2n) is 6.53. The van der Waals surface area contributed by atoms with Crippen LogP contribution in [0.3, 0.4) is 0 Å². The molecule has 1 aromatic carbocycles. The summed E-state index contributed by atoms with van der Waals surface area (Å²) in [4.78, 5) is 38.3. The molecule has 3 aliphatic heterocycles. The van der Waals surface area contributed by atoms with E-state index in [2.05, 4.69) is 0 Å². The van der Waals surface area contributed by atoms with Gasteiger partial charge in [-0.3, -0.25) is 14.4 Å². The van der Waals surface area contributed by atoms with Crippen LogP contribution in [0.2, 0.25) is 0 Å². The van der Waals surface area contributed by atoms with Crippen LogP contribution in [0.5, 0.6) is 0 Å². The zero-order valence-electron chi connectivity index (χ0n) is 13.4. The molecule has 1 aromatic rings. The van der Waals surface area contributed by atoms with Crippen molar-refractivity contribution in [2.45, 2.75) is 25.6 Å². The summed E-state index contributed by atoms with van der Waals surface area (Å²) in [6, 6.07) is 7.29. The average molecular weight is 327 g/mol. The number of amides is 2. The van der Waals surface area contributed by atoms with Crippen molar-refractivity contribution in [3.05, 3.63) is 42.0 Å². The number of carbonyl (C=O) groups excluding carboxylic acids is 3. The monoisotopic (exact) mass is 327 g/mol. The van der Waals surface area contributed by atoms with Crippen molar-refractivity contribution in [1.29, 1.82) is 0 Å². The second-order valence-corrected chi connectivity index (χ2v) is 6.53. The minimum absolute atomic E-state index is 0.0584. The van der Waals surface area contributed by atoms with Crippen LogP contribution in [0, 0.1) is 18.8 Å². The number of carbonyl (C=O) groups is 3. The van der Waals surface area contributed by atoms with E-state index < -0.39 is 29.5 Å². The molecule has 4 atom stereocenters. The summed E-state index contributed by atoms with van der Waals surface area (Å²) in [5, 5.41) is 0. The molecule has 0 N–H and O–H groups in total. The number of nitrogens with zero attached hydrogens (tertiary/aromatic N) is 1. The molecule has 24 heavy (non-hydrogen) atoms. The standard InChI is InChI=1S/C18H17NO5/c1-10-4-3-5-12(8-10)19-16(21)14-13-6-7-18(24-13,9-23-11(2)20)15(14)17(19)22/h3-8,13-15H,9H2,1-2H3/t13-,14-,15+,18-/m1/s1. The third-order valence-electron chi connectivity index (χ3n) is 4.92. The third-order valence-corrected chi connectivity index (χ3v) is 4.92. The largest absolute Gasteiger partial charge is 0.462 e. The quantitative estimate of drug-likeness (QED) is 0.476. The first kappa shape index (κ1) is 15.1. The topological polar surface area (TPSA) is 72.9 Å². The minimum Gasteiger partial charge on any atom is -0.462 e. The molecule has 0 aliphatic carbocycles. The number of imide groups is 1. The van der Waals surface area contributed by atoms with Gasteiger partial charge in [-0.1, -0.05) is 18.2 Å². The molecule has 2 bridgehead atoms. The van der Waals surface area contributed by atoms with Crippen LogP contribution in [-0.2, 0) is 23.9 Å². The van der Waals surface area contributed by atoms with Gasteiger partial charge in [0.1, 0.15) is 12.2 Å². The Morgan fingerprint density at radius 3 is 2.83 bits per heavy atom. The van der Waals surface area contributed by atoms with E-state index in [1.165, 1.54) is 11.8 Å². The van der Waals surface area contributed by atoms with Gasteiger partial charge >= 0.3 is 5.97 Å². The molecule has 2 amide bonds. The number of aryl methyl sites for hydroxylation is 1. The van der Waals surface area contributed by atoms with Gasteiger partial charge in [0.05, 0.1) is 23.6 Å². The van der Waals surface area contributed by atoms with Crippen molar-refractivity contribution >= 4 is 23.5 Å². The van der Waals surface area contributed by atoms with Crippen LogP contribution in [0.4, 0.5) is 5.69 Å². The Labute approximate surface area is 139 Å². The Morgan fingerprint density at radius 1 is 1.33 bits per heavy atom. The molecule has 0 spiro atoms. The van der Waals surface area contributed by atoms with Crippen LogP contribution in [0.15, 0.2) is 36.4 Å². The van der Waals surface area contributed by atoms with Crippen molar-refractivity contribution in [1.82, 2.24) is 0 Å². The van der Waals surface area contributed by atoms with Crippen LogP contribution >= 0.6 is 0 Å². The van der Waals surface area contributed by atoms with Gasteiger partial charge in [0, 0.05) is 6.92 Å². The van der Waals surface area contributed by atoms with Gasteiger partial charge in [0.2, 0.25) is 11.8 Å². The van der Waals surface area contributed by atoms with Gasteiger partial charge in [0.25, 0.3) is 0 Å². The summed E-state index contributed by atoms with van der Waals surface area (Å²) in [6.45, 7) is 3.16. The number of rotatable bonds is 3. The molecule has 6 heteroatoms. The molecule has 6 nitrogen and oxygen atoms in total. The summed E-state index contributed by atoms with van der Waals surface area (Å²) in [5.41, 5.74) is 0.505. The van der Waals surface area contributed by atoms with Crippen molar-refractivity contribution in [2.24, 2.45) is 11.8 Å². The maximum absolute atomic E-state index is 13.0. The van der Waals surface area contributed by atoms with Gasteiger partial charge in [-0.2, -0.15) is 0 Å². The number of hydrogen-bond donors (Lipinski definition) is 0. The molecule has 4 rings (SSSR count). The maximum Gasteiger partial charge on any atom is 0.302 e. The number of anilines is 1. The predicted molar refractivity (Wildman–Crippen MR) is 84.0 cm³/mol. The van der Waals surface area contributed by atoms with Gasteiger partial charge < -0.3 is 9.47 Å². The number of benzene rings is 1. The fraction of sp³-hybridized carbons (Fsp3) is 0.389. The SMILES string of the molecule is CC(=O)OC[C@@]12C=C[C@@H](O1)[C@H]1C(=O)N(c3cccc(C)c3)C(=O)[C@H]12. The molecule has 0 aromatic heterocycles. The molecule has 0 saturated carbocycles. The van der Waals surface area contributed by atoms with E-state index in [0.717, 1.165) is 5.56 Å². The molecule has 0 unspecified atom stereocenters. The molecular formula is C18H17NO5. The smallest absolute Gasteiger partial charge is 0.302 e. The fourth-order valence-corrected chi connectivity index (χ4v) is 3.90. The first-order valence-corrected chi connectivity index (χ1v) is 7.88. The summed E-state index contributed by atoms with van der Waals surface area (Å²) >= 11 is 0. The lowest BCUT2D eigenvalue weighted by atomic mass is 9.77. The number of hydrogen-bond acceptors (Lipinski definition) is 5. The maximum atomic E-state index is 13.0. The Balaban J connectivity index is 1.70. The summed E-state index contributed by atoms with van der Waals surface area (Å²) in [7, 11) is 0. The van der Waals surface area contributed by atoms with Crippen molar-refractivity contribution in [3.8, 4) is 0 Å². The fourth-order valence-electron chi connectivity index (χ4n) is 3.90. The molecule has 3 aliphatic rings. The predicted octanol–water partition coefficient (Wildman–Crippen LogP) is 1.37. The lowest BCUT2D eigenvalue weighted by molar-refractivity contribution is -0.150. The average Bonchev–Trinajstić information content (AvgIpc) is 3.16. The van der Waals surface area contributed by atoms with Crippen molar-refractivity contribution in [2.75, 3.05) is 11.5 Å². The number of esters is 1. The van der Waals surface area contributed by atoms with Crippen LogP contribution < -0.4 is 4.90 Å². The third kappa shape index (κ3) is 1.96. The van der Waals surface area contributed by atoms with Gasteiger partial charge in [-0.25, -0.2) is 4.90 Å². The van der Waals surface area contributed by atoms with Gasteiger partial charge in [0.15, 0.2) is 0 Å². The van der Waals surface area contributed by atoms with Crippen molar-refractivity contribution < 1.29 is 23.9 Å². The zero-order chi connectivity index (χ0) is 17.1. The second kappa shape index (κ2) is 5.01. The Kier molecular flexibility index (Phi) is 3.15. The van der Waals surface area contributed by atoms with E-state index in [0.29, 0.717) is 5.69 Å².